The zero-order valence-electron chi connectivity index (χ0n) is 11.8. The molecular weight excluding hydrogens is 296 g/mol. The number of hydrogen-bond donors (Lipinski definition) is 0. The predicted molar refractivity (Wildman–Crippen MR) is 82.3 cm³/mol. The highest BCUT2D eigenvalue weighted by atomic mass is 35.5. The fraction of sp³-hybridized carbons (Fsp3) is 0.571. The quantitative estimate of drug-likeness (QED) is 0.779. The van der Waals surface area contributed by atoms with Crippen molar-refractivity contribution in [2.45, 2.75) is 18.6 Å². The second-order valence-corrected chi connectivity index (χ2v) is 7.28. The van der Waals surface area contributed by atoms with Crippen molar-refractivity contribution in [1.82, 2.24) is 9.21 Å². The van der Waals surface area contributed by atoms with Gasteiger partial charge in [0.15, 0.2) is 0 Å². The van der Waals surface area contributed by atoms with Gasteiger partial charge in [-0.3, -0.25) is 0 Å². The Labute approximate surface area is 126 Å². The average Bonchev–Trinajstić information content (AvgIpc) is 2.47. The van der Waals surface area contributed by atoms with Crippen LogP contribution in [-0.2, 0) is 21.7 Å². The Bertz CT molecular complexity index is 540. The van der Waals surface area contributed by atoms with E-state index in [1.165, 1.54) is 0 Å². The van der Waals surface area contributed by atoms with Gasteiger partial charge in [-0.25, -0.2) is 8.42 Å². The van der Waals surface area contributed by atoms with E-state index >= 15 is 0 Å². The van der Waals surface area contributed by atoms with Crippen molar-refractivity contribution in [3.8, 4) is 0 Å². The summed E-state index contributed by atoms with van der Waals surface area (Å²) < 4.78 is 26.5. The first kappa shape index (κ1) is 15.8. The Morgan fingerprint density at radius 2 is 1.80 bits per heavy atom. The third-order valence-corrected chi connectivity index (χ3v) is 5.83. The lowest BCUT2D eigenvalue weighted by Gasteiger charge is -2.33. The highest BCUT2D eigenvalue weighted by Crippen LogP contribution is 2.15. The van der Waals surface area contributed by atoms with E-state index in [2.05, 4.69) is 11.8 Å². The molecule has 1 aliphatic rings. The molecule has 0 saturated carbocycles. The van der Waals surface area contributed by atoms with Gasteiger partial charge < -0.3 is 4.90 Å². The van der Waals surface area contributed by atoms with E-state index in [4.69, 9.17) is 11.6 Å². The zero-order chi connectivity index (χ0) is 14.6. The highest BCUT2D eigenvalue weighted by Gasteiger charge is 2.26. The Kier molecular flexibility index (Phi) is 5.43. The van der Waals surface area contributed by atoms with Crippen LogP contribution in [-0.4, -0.2) is 50.3 Å². The normalized spacial score (nSPS) is 18.3. The summed E-state index contributed by atoms with van der Waals surface area (Å²) in [5, 5.41) is 0. The number of likely N-dealkylation sites (N-methyl/N-ethyl adjacent to an activating group) is 1. The van der Waals surface area contributed by atoms with Gasteiger partial charge in [0, 0.05) is 32.1 Å². The lowest BCUT2D eigenvalue weighted by atomic mass is 10.2. The average molecular weight is 317 g/mol. The predicted octanol–water partition coefficient (Wildman–Crippen LogP) is 1.89. The second-order valence-electron chi connectivity index (χ2n) is 5.04. The van der Waals surface area contributed by atoms with Crippen molar-refractivity contribution in [2.75, 3.05) is 32.7 Å². The molecule has 112 valence electrons. The summed E-state index contributed by atoms with van der Waals surface area (Å²) in [5.74, 6) is 0.465. The maximum atomic E-state index is 12.4. The maximum absolute atomic E-state index is 12.4. The molecule has 0 bridgehead atoms. The van der Waals surface area contributed by atoms with E-state index in [-0.39, 0.29) is 5.75 Å². The molecule has 2 rings (SSSR count). The molecule has 6 heteroatoms. The summed E-state index contributed by atoms with van der Waals surface area (Å²) in [6.07, 6.45) is 0. The van der Waals surface area contributed by atoms with Crippen LogP contribution < -0.4 is 0 Å². The van der Waals surface area contributed by atoms with Crippen LogP contribution >= 0.6 is 11.6 Å². The Morgan fingerprint density at radius 3 is 2.40 bits per heavy atom. The molecule has 0 N–H and O–H groups in total. The summed E-state index contributed by atoms with van der Waals surface area (Å²) in [6.45, 7) is 5.89. The van der Waals surface area contributed by atoms with Crippen LogP contribution in [0.4, 0.5) is 0 Å². The Morgan fingerprint density at radius 1 is 1.15 bits per heavy atom. The monoisotopic (exact) mass is 316 g/mol. The number of alkyl halides is 1. The lowest BCUT2D eigenvalue weighted by Crippen LogP contribution is -2.48. The molecule has 1 heterocycles. The van der Waals surface area contributed by atoms with E-state index in [0.29, 0.717) is 19.0 Å². The van der Waals surface area contributed by atoms with Crippen molar-refractivity contribution in [3.63, 3.8) is 0 Å². The van der Waals surface area contributed by atoms with Gasteiger partial charge in [-0.05, 0) is 17.7 Å². The molecule has 20 heavy (non-hydrogen) atoms. The zero-order valence-corrected chi connectivity index (χ0v) is 13.3. The number of sulfonamides is 1. The molecule has 1 fully saturated rings. The summed E-state index contributed by atoms with van der Waals surface area (Å²) in [5.41, 5.74) is 1.76. The molecule has 0 amide bonds. The van der Waals surface area contributed by atoms with Gasteiger partial charge in [0.2, 0.25) is 10.0 Å². The molecule has 0 radical (unpaired) electrons. The molecule has 1 aliphatic heterocycles. The number of piperazine rings is 1. The van der Waals surface area contributed by atoms with Crippen molar-refractivity contribution in [2.24, 2.45) is 0 Å². The van der Waals surface area contributed by atoms with E-state index < -0.39 is 10.0 Å². The fourth-order valence-corrected chi connectivity index (χ4v) is 4.10. The summed E-state index contributed by atoms with van der Waals surface area (Å²) in [7, 11) is -3.23. The molecule has 1 aromatic rings. The molecule has 0 spiro atoms. The number of hydrogen-bond acceptors (Lipinski definition) is 3. The standard InChI is InChI=1S/C14H21ClN2O2S/c1-2-16-6-8-17(9-7-16)20(18,19)12-14-5-3-4-13(10-14)11-15/h3-5,10H,2,6-9,11-12H2,1H3. The molecule has 0 unspecified atom stereocenters. The van der Waals surface area contributed by atoms with Crippen LogP contribution in [0.3, 0.4) is 0 Å². The Hall–Kier alpha value is -0.620. The first-order valence-electron chi connectivity index (χ1n) is 6.89. The van der Waals surface area contributed by atoms with Gasteiger partial charge >= 0.3 is 0 Å². The third-order valence-electron chi connectivity index (χ3n) is 3.67. The van der Waals surface area contributed by atoms with Gasteiger partial charge in [0.05, 0.1) is 5.75 Å². The minimum absolute atomic E-state index is 0.0594. The minimum Gasteiger partial charge on any atom is -0.301 e. The van der Waals surface area contributed by atoms with Gasteiger partial charge in [0.25, 0.3) is 0 Å². The van der Waals surface area contributed by atoms with Gasteiger partial charge in [-0.1, -0.05) is 31.2 Å². The highest BCUT2D eigenvalue weighted by molar-refractivity contribution is 7.88. The van der Waals surface area contributed by atoms with Crippen LogP contribution in [0.25, 0.3) is 0 Å². The molecular formula is C14H21ClN2O2S. The summed E-state index contributed by atoms with van der Waals surface area (Å²) in [6, 6.07) is 7.48. The van der Waals surface area contributed by atoms with E-state index in [1.54, 1.807) is 4.31 Å². The van der Waals surface area contributed by atoms with E-state index in [1.807, 2.05) is 24.3 Å². The van der Waals surface area contributed by atoms with Crippen molar-refractivity contribution < 1.29 is 8.42 Å². The lowest BCUT2D eigenvalue weighted by molar-refractivity contribution is 0.196. The van der Waals surface area contributed by atoms with Gasteiger partial charge in [0.1, 0.15) is 0 Å². The van der Waals surface area contributed by atoms with Crippen molar-refractivity contribution in [1.29, 1.82) is 0 Å². The fourth-order valence-electron chi connectivity index (χ4n) is 2.43. The van der Waals surface area contributed by atoms with Crippen LogP contribution in [0.2, 0.25) is 0 Å². The molecule has 0 atom stereocenters. The largest absolute Gasteiger partial charge is 0.301 e. The van der Waals surface area contributed by atoms with Crippen molar-refractivity contribution >= 4 is 21.6 Å². The van der Waals surface area contributed by atoms with Crippen LogP contribution in [0.15, 0.2) is 24.3 Å². The number of benzene rings is 1. The second kappa shape index (κ2) is 6.89. The first-order chi connectivity index (χ1) is 9.55. The third kappa shape index (κ3) is 3.95. The number of rotatable bonds is 5. The molecule has 0 aromatic heterocycles. The Balaban J connectivity index is 2.03. The topological polar surface area (TPSA) is 40.6 Å². The van der Waals surface area contributed by atoms with E-state index in [9.17, 15) is 8.42 Å². The smallest absolute Gasteiger partial charge is 0.218 e. The first-order valence-corrected chi connectivity index (χ1v) is 9.03. The number of nitrogens with zero attached hydrogens (tertiary/aromatic N) is 2. The number of halogens is 1. The minimum atomic E-state index is -3.23. The molecule has 1 aromatic carbocycles. The van der Waals surface area contributed by atoms with Gasteiger partial charge in [-0.2, -0.15) is 4.31 Å². The van der Waals surface area contributed by atoms with E-state index in [0.717, 1.165) is 30.8 Å². The molecule has 4 nitrogen and oxygen atoms in total. The van der Waals surface area contributed by atoms with Gasteiger partial charge in [-0.15, -0.1) is 11.6 Å². The SMILES string of the molecule is CCN1CCN(S(=O)(=O)Cc2cccc(CCl)c2)CC1. The molecule has 0 aliphatic carbocycles. The summed E-state index contributed by atoms with van der Waals surface area (Å²) in [4.78, 5) is 2.26. The van der Waals surface area contributed by atoms with Crippen LogP contribution in [0, 0.1) is 0 Å². The maximum Gasteiger partial charge on any atom is 0.218 e. The van der Waals surface area contributed by atoms with Crippen molar-refractivity contribution in [3.05, 3.63) is 35.4 Å². The summed E-state index contributed by atoms with van der Waals surface area (Å²) >= 11 is 5.79. The van der Waals surface area contributed by atoms with Crippen LogP contribution in [0.5, 0.6) is 0 Å². The van der Waals surface area contributed by atoms with Crippen LogP contribution in [0.1, 0.15) is 18.1 Å². The molecule has 1 saturated heterocycles.